The maximum absolute atomic E-state index is 5.85. The molecule has 0 spiro atoms. The molecule has 0 aliphatic carbocycles. The van der Waals surface area contributed by atoms with Crippen molar-refractivity contribution in [3.63, 3.8) is 0 Å². The van der Waals surface area contributed by atoms with Gasteiger partial charge in [-0.05, 0) is 39.7 Å². The Balaban J connectivity index is 4.01. The van der Waals surface area contributed by atoms with E-state index in [2.05, 4.69) is 46.9 Å². The lowest BCUT2D eigenvalue weighted by Crippen LogP contribution is -2.41. The Morgan fingerprint density at radius 1 is 1.20 bits per heavy atom. The molecule has 1 N–H and O–H groups in total. The van der Waals surface area contributed by atoms with Crippen LogP contribution >= 0.6 is 0 Å². The predicted molar refractivity (Wildman–Crippen MR) is 67.2 cm³/mol. The average Bonchev–Trinajstić information content (AvgIpc) is 2.15. The first kappa shape index (κ1) is 14.9. The first-order chi connectivity index (χ1) is 6.90. The van der Waals surface area contributed by atoms with Crippen LogP contribution in [0.25, 0.3) is 0 Å². The van der Waals surface area contributed by atoms with Crippen molar-refractivity contribution < 1.29 is 4.74 Å². The van der Waals surface area contributed by atoms with Crippen LogP contribution in [0.5, 0.6) is 0 Å². The first-order valence-corrected chi connectivity index (χ1v) is 6.28. The van der Waals surface area contributed by atoms with Gasteiger partial charge in [-0.2, -0.15) is 0 Å². The predicted octanol–water partition coefficient (Wildman–Crippen LogP) is 3.22. The van der Waals surface area contributed by atoms with Gasteiger partial charge in [-0.25, -0.2) is 0 Å². The van der Waals surface area contributed by atoms with Gasteiger partial charge >= 0.3 is 0 Å². The summed E-state index contributed by atoms with van der Waals surface area (Å²) in [7, 11) is 0. The second-order valence-electron chi connectivity index (χ2n) is 5.37. The molecule has 0 heterocycles. The Kier molecular flexibility index (Phi) is 7.20. The second kappa shape index (κ2) is 7.24. The zero-order valence-electron chi connectivity index (χ0n) is 11.4. The zero-order valence-corrected chi connectivity index (χ0v) is 11.4. The van der Waals surface area contributed by atoms with Crippen LogP contribution in [-0.4, -0.2) is 24.8 Å². The largest absolute Gasteiger partial charge is 0.374 e. The lowest BCUT2D eigenvalue weighted by atomic mass is 9.99. The smallest absolute Gasteiger partial charge is 0.0629 e. The maximum Gasteiger partial charge on any atom is 0.0629 e. The molecule has 0 amide bonds. The Hall–Kier alpha value is -0.0800. The molecule has 0 aromatic carbocycles. The third kappa shape index (κ3) is 7.80. The van der Waals surface area contributed by atoms with Gasteiger partial charge in [0.05, 0.1) is 12.2 Å². The fourth-order valence-corrected chi connectivity index (χ4v) is 1.38. The molecule has 2 atom stereocenters. The Morgan fingerprint density at radius 2 is 1.80 bits per heavy atom. The van der Waals surface area contributed by atoms with Crippen LogP contribution in [0, 0.1) is 5.92 Å². The van der Waals surface area contributed by atoms with Crippen molar-refractivity contribution >= 4 is 0 Å². The van der Waals surface area contributed by atoms with Gasteiger partial charge < -0.3 is 10.1 Å². The lowest BCUT2D eigenvalue weighted by molar-refractivity contribution is -0.0213. The monoisotopic (exact) mass is 215 g/mol. The standard InChI is InChI=1S/C13H29NO/c1-7-9-14-12(11(3)8-2)10-15-13(4,5)6/h11-12,14H,7-10H2,1-6H3. The highest BCUT2D eigenvalue weighted by atomic mass is 16.5. The Labute approximate surface area is 95.8 Å². The molecule has 0 saturated heterocycles. The number of ether oxygens (including phenoxy) is 1. The number of hydrogen-bond donors (Lipinski definition) is 1. The molecule has 2 unspecified atom stereocenters. The molecule has 2 nitrogen and oxygen atoms in total. The van der Waals surface area contributed by atoms with E-state index in [9.17, 15) is 0 Å². The summed E-state index contributed by atoms with van der Waals surface area (Å²) in [6.07, 6.45) is 2.39. The van der Waals surface area contributed by atoms with E-state index >= 15 is 0 Å². The van der Waals surface area contributed by atoms with Crippen LogP contribution in [0.1, 0.15) is 54.4 Å². The molecule has 0 aromatic heterocycles. The maximum atomic E-state index is 5.85. The van der Waals surface area contributed by atoms with Crippen LogP contribution in [-0.2, 0) is 4.74 Å². The topological polar surface area (TPSA) is 21.3 Å². The van der Waals surface area contributed by atoms with Crippen LogP contribution in [0.3, 0.4) is 0 Å². The van der Waals surface area contributed by atoms with Crippen molar-refractivity contribution in [2.45, 2.75) is 66.0 Å². The Bertz CT molecular complexity index is 151. The van der Waals surface area contributed by atoms with Crippen molar-refractivity contribution in [2.24, 2.45) is 5.92 Å². The lowest BCUT2D eigenvalue weighted by Gasteiger charge is -2.28. The first-order valence-electron chi connectivity index (χ1n) is 6.28. The van der Waals surface area contributed by atoms with Gasteiger partial charge in [0.15, 0.2) is 0 Å². The van der Waals surface area contributed by atoms with E-state index in [4.69, 9.17) is 4.74 Å². The van der Waals surface area contributed by atoms with Gasteiger partial charge in [0, 0.05) is 6.04 Å². The summed E-state index contributed by atoms with van der Waals surface area (Å²) in [5.41, 5.74) is -0.0282. The quantitative estimate of drug-likeness (QED) is 0.704. The van der Waals surface area contributed by atoms with Crippen LogP contribution in [0.4, 0.5) is 0 Å². The third-order valence-corrected chi connectivity index (χ3v) is 2.68. The minimum Gasteiger partial charge on any atom is -0.374 e. The van der Waals surface area contributed by atoms with Gasteiger partial charge in [0.25, 0.3) is 0 Å². The summed E-state index contributed by atoms with van der Waals surface area (Å²) in [5, 5.41) is 3.57. The van der Waals surface area contributed by atoms with Crippen molar-refractivity contribution in [3.8, 4) is 0 Å². The third-order valence-electron chi connectivity index (χ3n) is 2.68. The normalized spacial score (nSPS) is 16.4. The average molecular weight is 215 g/mol. The van der Waals surface area contributed by atoms with Gasteiger partial charge in [-0.1, -0.05) is 27.2 Å². The molecule has 2 heteroatoms. The van der Waals surface area contributed by atoms with Crippen molar-refractivity contribution in [2.75, 3.05) is 13.2 Å². The van der Waals surface area contributed by atoms with E-state index in [1.54, 1.807) is 0 Å². The Morgan fingerprint density at radius 3 is 2.20 bits per heavy atom. The summed E-state index contributed by atoms with van der Waals surface area (Å²) in [6.45, 7) is 15.0. The molecule has 0 aromatic rings. The number of nitrogens with one attached hydrogen (secondary N) is 1. The van der Waals surface area contributed by atoms with Crippen LogP contribution in [0.15, 0.2) is 0 Å². The molecular weight excluding hydrogens is 186 g/mol. The minimum atomic E-state index is -0.0282. The molecule has 0 rings (SSSR count). The number of hydrogen-bond acceptors (Lipinski definition) is 2. The summed E-state index contributed by atoms with van der Waals surface area (Å²) >= 11 is 0. The minimum absolute atomic E-state index is 0.0282. The molecule has 92 valence electrons. The van der Waals surface area contributed by atoms with Crippen molar-refractivity contribution in [1.82, 2.24) is 5.32 Å². The van der Waals surface area contributed by atoms with Crippen molar-refractivity contribution in [1.29, 1.82) is 0 Å². The molecule has 15 heavy (non-hydrogen) atoms. The van der Waals surface area contributed by atoms with Crippen LogP contribution in [0.2, 0.25) is 0 Å². The van der Waals surface area contributed by atoms with E-state index in [0.717, 1.165) is 13.2 Å². The summed E-state index contributed by atoms with van der Waals surface area (Å²) in [6, 6.07) is 0.495. The van der Waals surface area contributed by atoms with E-state index < -0.39 is 0 Å². The molecule has 0 fully saturated rings. The molecular formula is C13H29NO. The van der Waals surface area contributed by atoms with Crippen molar-refractivity contribution in [3.05, 3.63) is 0 Å². The molecule has 0 aliphatic rings. The fourth-order valence-electron chi connectivity index (χ4n) is 1.38. The van der Waals surface area contributed by atoms with Gasteiger partial charge in [-0.3, -0.25) is 0 Å². The van der Waals surface area contributed by atoms with Crippen LogP contribution < -0.4 is 5.32 Å². The van der Waals surface area contributed by atoms with Gasteiger partial charge in [0.2, 0.25) is 0 Å². The highest BCUT2D eigenvalue weighted by Crippen LogP contribution is 2.13. The van der Waals surface area contributed by atoms with E-state index in [1.165, 1.54) is 12.8 Å². The highest BCUT2D eigenvalue weighted by molar-refractivity contribution is 4.73. The highest BCUT2D eigenvalue weighted by Gasteiger charge is 2.18. The zero-order chi connectivity index (χ0) is 11.9. The van der Waals surface area contributed by atoms with Gasteiger partial charge in [0.1, 0.15) is 0 Å². The molecule has 0 aliphatic heterocycles. The summed E-state index contributed by atoms with van der Waals surface area (Å²) in [5.74, 6) is 0.680. The fraction of sp³-hybridized carbons (Fsp3) is 1.00. The summed E-state index contributed by atoms with van der Waals surface area (Å²) in [4.78, 5) is 0. The van der Waals surface area contributed by atoms with Gasteiger partial charge in [-0.15, -0.1) is 0 Å². The second-order valence-corrected chi connectivity index (χ2v) is 5.37. The number of rotatable bonds is 7. The van der Waals surface area contributed by atoms with E-state index in [1.807, 2.05) is 0 Å². The summed E-state index contributed by atoms with van der Waals surface area (Å²) < 4.78 is 5.85. The van der Waals surface area contributed by atoms with E-state index in [0.29, 0.717) is 12.0 Å². The van der Waals surface area contributed by atoms with E-state index in [-0.39, 0.29) is 5.60 Å². The molecule has 0 bridgehead atoms. The SMILES string of the molecule is CCCNC(COC(C)(C)C)C(C)CC. The molecule has 0 radical (unpaired) electrons. The molecule has 0 saturated carbocycles.